The minimum atomic E-state index is -0.0190. The first-order valence-electron chi connectivity index (χ1n) is 8.43. The Labute approximate surface area is 142 Å². The fourth-order valence-electron chi connectivity index (χ4n) is 3.10. The molecule has 3 rings (SSSR count). The van der Waals surface area contributed by atoms with Crippen molar-refractivity contribution in [3.63, 3.8) is 0 Å². The van der Waals surface area contributed by atoms with Gasteiger partial charge in [0, 0.05) is 36.2 Å². The molecule has 1 unspecified atom stereocenters. The van der Waals surface area contributed by atoms with Crippen LogP contribution in [0.4, 0.5) is 0 Å². The van der Waals surface area contributed by atoms with Gasteiger partial charge in [-0.1, -0.05) is 6.07 Å². The predicted molar refractivity (Wildman–Crippen MR) is 91.4 cm³/mol. The maximum atomic E-state index is 13.1. The van der Waals surface area contributed by atoms with Crippen molar-refractivity contribution in [2.24, 2.45) is 0 Å². The van der Waals surface area contributed by atoms with Gasteiger partial charge in [0.2, 0.25) is 0 Å². The van der Waals surface area contributed by atoms with Crippen LogP contribution in [0.5, 0.6) is 0 Å². The van der Waals surface area contributed by atoms with Gasteiger partial charge in [-0.25, -0.2) is 15.0 Å². The summed E-state index contributed by atoms with van der Waals surface area (Å²) in [4.78, 5) is 27.6. The zero-order chi connectivity index (χ0) is 16.8. The summed E-state index contributed by atoms with van der Waals surface area (Å²) < 4.78 is 0. The molecule has 1 aliphatic rings. The number of aryl methyl sites for hydroxylation is 1. The lowest BCUT2D eigenvalue weighted by Crippen LogP contribution is -2.40. The van der Waals surface area contributed by atoms with Crippen molar-refractivity contribution in [2.75, 3.05) is 13.1 Å². The van der Waals surface area contributed by atoms with Crippen LogP contribution in [0.1, 0.15) is 41.0 Å². The number of pyridine rings is 1. The quantitative estimate of drug-likeness (QED) is 0.930. The number of aromatic nitrogens is 3. The number of nitrogens with one attached hydrogen (secondary N) is 1. The average molecular weight is 325 g/mol. The van der Waals surface area contributed by atoms with Gasteiger partial charge in [0.1, 0.15) is 12.0 Å². The average Bonchev–Trinajstić information content (AvgIpc) is 2.89. The predicted octanol–water partition coefficient (Wildman–Crippen LogP) is 1.96. The first kappa shape index (κ1) is 16.5. The monoisotopic (exact) mass is 325 g/mol. The van der Waals surface area contributed by atoms with Gasteiger partial charge >= 0.3 is 0 Å². The highest BCUT2D eigenvalue weighted by atomic mass is 16.2. The lowest BCUT2D eigenvalue weighted by molar-refractivity contribution is 0.0638. The van der Waals surface area contributed by atoms with Crippen LogP contribution in [0.2, 0.25) is 0 Å². The number of hydrogen-bond acceptors (Lipinski definition) is 5. The molecule has 126 valence electrons. The molecule has 6 nitrogen and oxygen atoms in total. The summed E-state index contributed by atoms with van der Waals surface area (Å²) in [6, 6.07) is 5.78. The zero-order valence-electron chi connectivity index (χ0n) is 14.0. The molecule has 2 aromatic heterocycles. The van der Waals surface area contributed by atoms with Crippen LogP contribution in [-0.2, 0) is 6.54 Å². The van der Waals surface area contributed by atoms with Gasteiger partial charge in [0.15, 0.2) is 0 Å². The Morgan fingerprint density at radius 3 is 2.88 bits per heavy atom. The van der Waals surface area contributed by atoms with Crippen molar-refractivity contribution in [1.29, 1.82) is 0 Å². The smallest absolute Gasteiger partial charge is 0.273 e. The van der Waals surface area contributed by atoms with Crippen LogP contribution in [0.3, 0.4) is 0 Å². The van der Waals surface area contributed by atoms with Crippen LogP contribution in [0, 0.1) is 6.92 Å². The third-order valence-electron chi connectivity index (χ3n) is 4.32. The largest absolute Gasteiger partial charge is 0.330 e. The number of carbonyl (C=O) groups is 1. The Bertz CT molecular complexity index is 668. The second-order valence-electron chi connectivity index (χ2n) is 6.18. The van der Waals surface area contributed by atoms with Crippen LogP contribution < -0.4 is 5.32 Å². The molecule has 1 aliphatic heterocycles. The van der Waals surface area contributed by atoms with Crippen molar-refractivity contribution in [2.45, 2.75) is 38.8 Å². The van der Waals surface area contributed by atoms with E-state index in [1.165, 1.54) is 6.33 Å². The van der Waals surface area contributed by atoms with Gasteiger partial charge in [-0.15, -0.1) is 0 Å². The van der Waals surface area contributed by atoms with Crippen LogP contribution >= 0.6 is 0 Å². The summed E-state index contributed by atoms with van der Waals surface area (Å²) in [5.74, 6) is -0.0190. The molecule has 0 saturated carbocycles. The van der Waals surface area contributed by atoms with E-state index in [1.54, 1.807) is 18.5 Å². The van der Waals surface area contributed by atoms with Crippen LogP contribution in [0.15, 0.2) is 36.9 Å². The normalized spacial score (nSPS) is 18.0. The molecule has 1 fully saturated rings. The summed E-state index contributed by atoms with van der Waals surface area (Å²) in [6.45, 7) is 4.36. The molecule has 3 heterocycles. The van der Waals surface area contributed by atoms with Gasteiger partial charge in [-0.3, -0.25) is 4.79 Å². The molecule has 0 bridgehead atoms. The fraction of sp³-hybridized carbons (Fsp3) is 0.444. The Hall–Kier alpha value is -2.34. The molecular weight excluding hydrogens is 302 g/mol. The first-order valence-corrected chi connectivity index (χ1v) is 8.43. The van der Waals surface area contributed by atoms with Crippen molar-refractivity contribution in [3.05, 3.63) is 53.9 Å². The number of hydrogen-bond donors (Lipinski definition) is 1. The van der Waals surface area contributed by atoms with Gasteiger partial charge in [0.25, 0.3) is 5.91 Å². The summed E-state index contributed by atoms with van der Waals surface area (Å²) in [5, 5.41) is 3.41. The third kappa shape index (κ3) is 4.14. The van der Waals surface area contributed by atoms with E-state index in [9.17, 15) is 4.79 Å². The Kier molecular flexibility index (Phi) is 5.48. The minimum absolute atomic E-state index is 0.0190. The standard InChI is InChI=1S/C18H23N5O/c1-14-4-2-6-17(22-14)18(24)23(12-15-10-20-13-21-11-15)16-5-3-8-19-9-7-16/h2,4,6,10-11,13,16,19H,3,5,7-9,12H2,1H3. The Morgan fingerprint density at radius 2 is 2.08 bits per heavy atom. The van der Waals surface area contributed by atoms with Gasteiger partial charge in [-0.05, 0) is 51.4 Å². The zero-order valence-corrected chi connectivity index (χ0v) is 14.0. The molecule has 0 aromatic carbocycles. The molecule has 0 radical (unpaired) electrons. The van der Waals surface area contributed by atoms with Crippen molar-refractivity contribution >= 4 is 5.91 Å². The molecule has 1 amide bonds. The Balaban J connectivity index is 1.86. The molecule has 1 atom stereocenters. The Morgan fingerprint density at radius 1 is 1.25 bits per heavy atom. The molecule has 1 N–H and O–H groups in total. The maximum absolute atomic E-state index is 13.1. The molecule has 1 saturated heterocycles. The molecule has 0 aliphatic carbocycles. The van der Waals surface area contributed by atoms with E-state index in [1.807, 2.05) is 24.0 Å². The van der Waals surface area contributed by atoms with Gasteiger partial charge in [-0.2, -0.15) is 0 Å². The van der Waals surface area contributed by atoms with E-state index in [-0.39, 0.29) is 11.9 Å². The van der Waals surface area contributed by atoms with Gasteiger partial charge in [0.05, 0.1) is 0 Å². The van der Waals surface area contributed by atoms with Crippen molar-refractivity contribution in [3.8, 4) is 0 Å². The first-order chi connectivity index (χ1) is 11.7. The number of amides is 1. The highest BCUT2D eigenvalue weighted by Crippen LogP contribution is 2.19. The lowest BCUT2D eigenvalue weighted by atomic mass is 10.1. The molecule has 6 heteroatoms. The van der Waals surface area contributed by atoms with Crippen molar-refractivity contribution in [1.82, 2.24) is 25.2 Å². The van der Waals surface area contributed by atoms with Crippen molar-refractivity contribution < 1.29 is 4.79 Å². The van der Waals surface area contributed by atoms with Crippen LogP contribution in [0.25, 0.3) is 0 Å². The second kappa shape index (κ2) is 7.97. The maximum Gasteiger partial charge on any atom is 0.273 e. The third-order valence-corrected chi connectivity index (χ3v) is 4.32. The topological polar surface area (TPSA) is 71.0 Å². The number of rotatable bonds is 4. The van der Waals surface area contributed by atoms with E-state index in [0.29, 0.717) is 12.2 Å². The van der Waals surface area contributed by atoms with Gasteiger partial charge < -0.3 is 10.2 Å². The van der Waals surface area contributed by atoms with E-state index >= 15 is 0 Å². The van der Waals surface area contributed by atoms with E-state index < -0.39 is 0 Å². The van der Waals surface area contributed by atoms with E-state index in [4.69, 9.17) is 0 Å². The molecule has 2 aromatic rings. The highest BCUT2D eigenvalue weighted by molar-refractivity contribution is 5.92. The fourth-order valence-corrected chi connectivity index (χ4v) is 3.10. The summed E-state index contributed by atoms with van der Waals surface area (Å²) in [5.41, 5.74) is 2.30. The highest BCUT2D eigenvalue weighted by Gasteiger charge is 2.26. The molecule has 0 spiro atoms. The number of carbonyl (C=O) groups excluding carboxylic acids is 1. The minimum Gasteiger partial charge on any atom is -0.330 e. The lowest BCUT2D eigenvalue weighted by Gasteiger charge is -2.31. The second-order valence-corrected chi connectivity index (χ2v) is 6.18. The summed E-state index contributed by atoms with van der Waals surface area (Å²) >= 11 is 0. The summed E-state index contributed by atoms with van der Waals surface area (Å²) in [7, 11) is 0. The molecule has 24 heavy (non-hydrogen) atoms. The van der Waals surface area contributed by atoms with E-state index in [0.717, 1.165) is 43.6 Å². The SMILES string of the molecule is Cc1cccc(C(=O)N(Cc2cncnc2)C2CCCNCC2)n1. The van der Waals surface area contributed by atoms with Crippen LogP contribution in [-0.4, -0.2) is 44.9 Å². The molecular formula is C18H23N5O. The number of nitrogens with zero attached hydrogens (tertiary/aromatic N) is 4. The summed E-state index contributed by atoms with van der Waals surface area (Å²) in [6.07, 6.45) is 8.07. The van der Waals surface area contributed by atoms with E-state index in [2.05, 4.69) is 20.3 Å².